The van der Waals surface area contributed by atoms with Crippen LogP contribution in [-0.2, 0) is 12.8 Å². The first-order valence-corrected chi connectivity index (χ1v) is 11.8. The molecule has 0 spiro atoms. The number of piperazine rings is 1. The Bertz CT molecular complexity index is 1110. The number of amides is 2. The molecule has 2 aromatic carbocycles. The summed E-state index contributed by atoms with van der Waals surface area (Å²) in [6.45, 7) is 4.97. The Morgan fingerprint density at radius 3 is 2.24 bits per heavy atom. The highest BCUT2D eigenvalue weighted by Gasteiger charge is 2.26. The van der Waals surface area contributed by atoms with Gasteiger partial charge >= 0.3 is 6.03 Å². The Hall–Kier alpha value is -3.61. The number of methoxy groups -OCH3 is 1. The standard InChI is InChI=1S/C27H33N5O2/c1-5-24-23(19-20-11-13-22(34-4)14-12-20)26(29-25(28-24)21-9-7-6-8-10-21)31-15-17-32(18-16-31)27(33)30(2)3/h6-14H,5,15-19H2,1-4H3. The maximum absolute atomic E-state index is 12.4. The summed E-state index contributed by atoms with van der Waals surface area (Å²) in [5.41, 5.74) is 4.41. The number of carbonyl (C=O) groups excluding carboxylic acids is 1. The van der Waals surface area contributed by atoms with E-state index < -0.39 is 0 Å². The largest absolute Gasteiger partial charge is 0.497 e. The molecule has 0 radical (unpaired) electrons. The molecule has 7 heteroatoms. The average molecular weight is 460 g/mol. The summed E-state index contributed by atoms with van der Waals surface area (Å²) in [5.74, 6) is 2.56. The highest BCUT2D eigenvalue weighted by molar-refractivity contribution is 5.74. The van der Waals surface area contributed by atoms with Gasteiger partial charge in [-0.15, -0.1) is 0 Å². The van der Waals surface area contributed by atoms with E-state index in [9.17, 15) is 4.79 Å². The van der Waals surface area contributed by atoms with Gasteiger partial charge in [0.05, 0.1) is 7.11 Å². The fourth-order valence-electron chi connectivity index (χ4n) is 4.31. The van der Waals surface area contributed by atoms with Gasteiger partial charge in [-0.1, -0.05) is 49.4 Å². The van der Waals surface area contributed by atoms with E-state index in [-0.39, 0.29) is 6.03 Å². The summed E-state index contributed by atoms with van der Waals surface area (Å²) in [4.78, 5) is 28.4. The first-order valence-electron chi connectivity index (χ1n) is 11.8. The van der Waals surface area contributed by atoms with Gasteiger partial charge < -0.3 is 19.4 Å². The van der Waals surface area contributed by atoms with Crippen LogP contribution in [-0.4, -0.2) is 73.2 Å². The number of aromatic nitrogens is 2. The molecule has 2 heterocycles. The summed E-state index contributed by atoms with van der Waals surface area (Å²) in [5, 5.41) is 0. The second-order valence-electron chi connectivity index (χ2n) is 8.69. The highest BCUT2D eigenvalue weighted by atomic mass is 16.5. The van der Waals surface area contributed by atoms with Gasteiger partial charge in [-0.3, -0.25) is 0 Å². The summed E-state index contributed by atoms with van der Waals surface area (Å²) >= 11 is 0. The van der Waals surface area contributed by atoms with Crippen molar-refractivity contribution in [1.82, 2.24) is 19.8 Å². The molecule has 7 nitrogen and oxygen atoms in total. The van der Waals surface area contributed by atoms with E-state index in [2.05, 4.69) is 36.1 Å². The molecule has 0 saturated carbocycles. The summed E-state index contributed by atoms with van der Waals surface area (Å²) < 4.78 is 5.33. The Balaban J connectivity index is 1.71. The lowest BCUT2D eigenvalue weighted by molar-refractivity contribution is 0.168. The Kier molecular flexibility index (Phi) is 7.30. The Morgan fingerprint density at radius 2 is 1.65 bits per heavy atom. The predicted molar refractivity (Wildman–Crippen MR) is 136 cm³/mol. The van der Waals surface area contributed by atoms with E-state index in [1.807, 2.05) is 35.2 Å². The third-order valence-corrected chi connectivity index (χ3v) is 6.21. The van der Waals surface area contributed by atoms with Gasteiger partial charge in [-0.25, -0.2) is 14.8 Å². The number of hydrogen-bond donors (Lipinski definition) is 0. The average Bonchev–Trinajstić information content (AvgIpc) is 2.89. The SMILES string of the molecule is CCc1nc(-c2ccccc2)nc(N2CCN(C(=O)N(C)C)CC2)c1Cc1ccc(OC)cc1. The molecule has 1 fully saturated rings. The van der Waals surface area contributed by atoms with Crippen LogP contribution >= 0.6 is 0 Å². The van der Waals surface area contributed by atoms with Gasteiger partial charge in [0.1, 0.15) is 11.6 Å². The molecule has 0 aliphatic carbocycles. The molecule has 34 heavy (non-hydrogen) atoms. The van der Waals surface area contributed by atoms with E-state index in [4.69, 9.17) is 14.7 Å². The second-order valence-corrected chi connectivity index (χ2v) is 8.69. The van der Waals surface area contributed by atoms with Crippen molar-refractivity contribution >= 4 is 11.8 Å². The van der Waals surface area contributed by atoms with Crippen molar-refractivity contribution in [2.24, 2.45) is 0 Å². The monoisotopic (exact) mass is 459 g/mol. The van der Waals surface area contributed by atoms with Gasteiger partial charge in [0.15, 0.2) is 5.82 Å². The number of benzene rings is 2. The fourth-order valence-corrected chi connectivity index (χ4v) is 4.31. The van der Waals surface area contributed by atoms with E-state index in [1.165, 1.54) is 5.56 Å². The van der Waals surface area contributed by atoms with Crippen molar-refractivity contribution in [3.05, 3.63) is 71.4 Å². The van der Waals surface area contributed by atoms with Crippen LogP contribution in [0.5, 0.6) is 5.75 Å². The van der Waals surface area contributed by atoms with Crippen LogP contribution in [0, 0.1) is 0 Å². The minimum Gasteiger partial charge on any atom is -0.497 e. The number of nitrogens with zero attached hydrogens (tertiary/aromatic N) is 5. The van der Waals surface area contributed by atoms with Crippen LogP contribution in [0.15, 0.2) is 54.6 Å². The van der Waals surface area contributed by atoms with Crippen LogP contribution in [0.3, 0.4) is 0 Å². The molecule has 3 aromatic rings. The lowest BCUT2D eigenvalue weighted by atomic mass is 10.0. The molecular weight excluding hydrogens is 426 g/mol. The van der Waals surface area contributed by atoms with Crippen molar-refractivity contribution in [1.29, 1.82) is 0 Å². The third-order valence-electron chi connectivity index (χ3n) is 6.21. The lowest BCUT2D eigenvalue weighted by Crippen LogP contribution is -2.52. The zero-order chi connectivity index (χ0) is 24.1. The molecular formula is C27H33N5O2. The van der Waals surface area contributed by atoms with Crippen molar-refractivity contribution in [2.45, 2.75) is 19.8 Å². The number of carbonyl (C=O) groups is 1. The van der Waals surface area contributed by atoms with Crippen LogP contribution < -0.4 is 9.64 Å². The van der Waals surface area contributed by atoms with Gasteiger partial charge in [0, 0.05) is 63.5 Å². The van der Waals surface area contributed by atoms with E-state index in [0.29, 0.717) is 13.1 Å². The molecule has 178 valence electrons. The second kappa shape index (κ2) is 10.5. The minimum atomic E-state index is 0.0556. The molecule has 0 bridgehead atoms. The van der Waals surface area contributed by atoms with Crippen molar-refractivity contribution < 1.29 is 9.53 Å². The van der Waals surface area contributed by atoms with E-state index in [1.54, 1.807) is 26.1 Å². The molecule has 4 rings (SSSR count). The van der Waals surface area contributed by atoms with Crippen molar-refractivity contribution in [3.8, 4) is 17.1 Å². The zero-order valence-electron chi connectivity index (χ0n) is 20.5. The topological polar surface area (TPSA) is 61.8 Å². The number of urea groups is 1. The molecule has 0 atom stereocenters. The molecule has 1 aromatic heterocycles. The number of aryl methyl sites for hydroxylation is 1. The van der Waals surface area contributed by atoms with E-state index in [0.717, 1.165) is 60.1 Å². The summed E-state index contributed by atoms with van der Waals surface area (Å²) in [6, 6.07) is 18.4. The number of ether oxygens (including phenoxy) is 1. The molecule has 1 aliphatic rings. The quantitative estimate of drug-likeness (QED) is 0.555. The first kappa shape index (κ1) is 23.5. The summed E-state index contributed by atoms with van der Waals surface area (Å²) in [6.07, 6.45) is 1.56. The van der Waals surface area contributed by atoms with Gasteiger partial charge in [0.2, 0.25) is 0 Å². The maximum atomic E-state index is 12.4. The lowest BCUT2D eigenvalue weighted by Gasteiger charge is -2.37. The van der Waals surface area contributed by atoms with Crippen LogP contribution in [0.4, 0.5) is 10.6 Å². The number of anilines is 1. The Labute approximate surface area is 202 Å². The van der Waals surface area contributed by atoms with E-state index >= 15 is 0 Å². The smallest absolute Gasteiger partial charge is 0.319 e. The van der Waals surface area contributed by atoms with Gasteiger partial charge in [0.25, 0.3) is 0 Å². The van der Waals surface area contributed by atoms with Crippen LogP contribution in [0.25, 0.3) is 11.4 Å². The molecule has 1 saturated heterocycles. The molecule has 1 aliphatic heterocycles. The van der Waals surface area contributed by atoms with Gasteiger partial charge in [-0.05, 0) is 24.1 Å². The minimum absolute atomic E-state index is 0.0556. The van der Waals surface area contributed by atoms with Crippen LogP contribution in [0.1, 0.15) is 23.7 Å². The van der Waals surface area contributed by atoms with Crippen molar-refractivity contribution in [3.63, 3.8) is 0 Å². The zero-order valence-corrected chi connectivity index (χ0v) is 20.5. The molecule has 0 unspecified atom stereocenters. The fraction of sp³-hybridized carbons (Fsp3) is 0.370. The molecule has 0 N–H and O–H groups in total. The highest BCUT2D eigenvalue weighted by Crippen LogP contribution is 2.29. The number of rotatable bonds is 6. The van der Waals surface area contributed by atoms with Crippen molar-refractivity contribution in [2.75, 3.05) is 52.3 Å². The first-order chi connectivity index (χ1) is 16.5. The number of hydrogen-bond acceptors (Lipinski definition) is 5. The van der Waals surface area contributed by atoms with Crippen LogP contribution in [0.2, 0.25) is 0 Å². The normalized spacial score (nSPS) is 13.6. The maximum Gasteiger partial charge on any atom is 0.319 e. The third kappa shape index (κ3) is 5.14. The van der Waals surface area contributed by atoms with Gasteiger partial charge in [-0.2, -0.15) is 0 Å². The summed E-state index contributed by atoms with van der Waals surface area (Å²) in [7, 11) is 5.27. The predicted octanol–water partition coefficient (Wildman–Crippen LogP) is 4.11. The Morgan fingerprint density at radius 1 is 0.971 bits per heavy atom. The molecule has 2 amide bonds.